The van der Waals surface area contributed by atoms with E-state index in [1.807, 2.05) is 0 Å². The highest BCUT2D eigenvalue weighted by Crippen LogP contribution is 2.12. The van der Waals surface area contributed by atoms with Crippen LogP contribution in [0.4, 0.5) is 5.82 Å². The lowest BCUT2D eigenvalue weighted by Gasteiger charge is -2.35. The molecule has 0 aliphatic carbocycles. The molecule has 0 bridgehead atoms. The zero-order valence-corrected chi connectivity index (χ0v) is 13.3. The van der Waals surface area contributed by atoms with E-state index in [-0.39, 0.29) is 11.2 Å². The van der Waals surface area contributed by atoms with Gasteiger partial charge in [0.1, 0.15) is 5.82 Å². The van der Waals surface area contributed by atoms with Gasteiger partial charge >= 0.3 is 5.69 Å². The van der Waals surface area contributed by atoms with E-state index in [0.29, 0.717) is 6.54 Å². The largest absolute Gasteiger partial charge is 0.353 e. The monoisotopic (exact) mass is 316 g/mol. The third-order valence-corrected chi connectivity index (χ3v) is 4.26. The number of hydrogen-bond acceptors (Lipinski definition) is 6. The van der Waals surface area contributed by atoms with Crippen LogP contribution in [0.1, 0.15) is 5.69 Å². The number of anilines is 1. The molecule has 1 aliphatic rings. The maximum atomic E-state index is 12.0. The number of nitrogens with zero attached hydrogens (tertiary/aromatic N) is 6. The molecule has 0 N–H and O–H groups in total. The maximum Gasteiger partial charge on any atom is 0.330 e. The smallest absolute Gasteiger partial charge is 0.330 e. The van der Waals surface area contributed by atoms with Gasteiger partial charge in [0.25, 0.3) is 5.56 Å². The molecule has 8 heteroatoms. The molecule has 1 fully saturated rings. The molecule has 1 saturated heterocycles. The summed E-state index contributed by atoms with van der Waals surface area (Å²) in [6.07, 6.45) is 5.12. The highest BCUT2D eigenvalue weighted by Gasteiger charge is 2.19. The minimum atomic E-state index is -0.286. The van der Waals surface area contributed by atoms with Gasteiger partial charge in [-0.05, 0) is 0 Å². The molecule has 3 heterocycles. The number of hydrogen-bond donors (Lipinski definition) is 0. The average Bonchev–Trinajstić information content (AvgIpc) is 2.59. The van der Waals surface area contributed by atoms with Crippen molar-refractivity contribution in [2.45, 2.75) is 6.54 Å². The van der Waals surface area contributed by atoms with Gasteiger partial charge < -0.3 is 4.90 Å². The van der Waals surface area contributed by atoms with Crippen molar-refractivity contribution < 1.29 is 0 Å². The van der Waals surface area contributed by atoms with Gasteiger partial charge in [-0.25, -0.2) is 9.78 Å². The van der Waals surface area contributed by atoms with E-state index in [2.05, 4.69) is 19.8 Å². The van der Waals surface area contributed by atoms with Gasteiger partial charge in [-0.2, -0.15) is 0 Å². The molecule has 23 heavy (non-hydrogen) atoms. The van der Waals surface area contributed by atoms with Crippen LogP contribution in [0.5, 0.6) is 0 Å². The van der Waals surface area contributed by atoms with E-state index in [4.69, 9.17) is 0 Å². The highest BCUT2D eigenvalue weighted by atomic mass is 16.2. The standard InChI is InChI=1S/C15H20N6O2/c1-18-12(9-14(22)19(2)15(18)23)11-20-5-7-21(8-6-20)13-10-16-3-4-17-13/h3-4,9-10H,5-8,11H2,1-2H3. The van der Waals surface area contributed by atoms with E-state index < -0.39 is 0 Å². The van der Waals surface area contributed by atoms with Crippen LogP contribution in [0.15, 0.2) is 34.2 Å². The second-order valence-electron chi connectivity index (χ2n) is 5.70. The maximum absolute atomic E-state index is 12.0. The van der Waals surface area contributed by atoms with Gasteiger partial charge in [-0.3, -0.25) is 23.8 Å². The lowest BCUT2D eigenvalue weighted by molar-refractivity contribution is 0.242. The first kappa shape index (κ1) is 15.4. The van der Waals surface area contributed by atoms with Crippen LogP contribution in [-0.2, 0) is 20.6 Å². The lowest BCUT2D eigenvalue weighted by atomic mass is 10.2. The zero-order chi connectivity index (χ0) is 16.4. The Hall–Kier alpha value is -2.48. The molecule has 2 aromatic heterocycles. The summed E-state index contributed by atoms with van der Waals surface area (Å²) >= 11 is 0. The molecule has 2 aromatic rings. The molecule has 3 rings (SSSR count). The van der Waals surface area contributed by atoms with Crippen LogP contribution in [-0.4, -0.2) is 50.2 Å². The predicted octanol–water partition coefficient (Wildman–Crippen LogP) is -0.804. The Kier molecular flexibility index (Phi) is 4.24. The van der Waals surface area contributed by atoms with Gasteiger partial charge in [0.2, 0.25) is 0 Å². The van der Waals surface area contributed by atoms with Gasteiger partial charge in [-0.15, -0.1) is 0 Å². The summed E-state index contributed by atoms with van der Waals surface area (Å²) < 4.78 is 2.66. The van der Waals surface area contributed by atoms with Crippen LogP contribution in [0.25, 0.3) is 0 Å². The van der Waals surface area contributed by atoms with E-state index in [1.54, 1.807) is 25.6 Å². The molecule has 1 aliphatic heterocycles. The van der Waals surface area contributed by atoms with Crippen molar-refractivity contribution in [2.24, 2.45) is 14.1 Å². The summed E-state index contributed by atoms with van der Waals surface area (Å²) in [5.41, 5.74) is 0.193. The molecule has 122 valence electrons. The summed E-state index contributed by atoms with van der Waals surface area (Å²) in [6.45, 7) is 3.98. The van der Waals surface area contributed by atoms with Crippen molar-refractivity contribution in [1.29, 1.82) is 0 Å². The van der Waals surface area contributed by atoms with Crippen molar-refractivity contribution in [1.82, 2.24) is 24.0 Å². The van der Waals surface area contributed by atoms with Crippen LogP contribution in [0, 0.1) is 0 Å². The van der Waals surface area contributed by atoms with Crippen molar-refractivity contribution in [3.05, 3.63) is 51.2 Å². The fourth-order valence-electron chi connectivity index (χ4n) is 2.75. The minimum absolute atomic E-state index is 0.263. The lowest BCUT2D eigenvalue weighted by Crippen LogP contribution is -2.47. The van der Waals surface area contributed by atoms with E-state index in [1.165, 1.54) is 17.7 Å². The summed E-state index contributed by atoms with van der Waals surface area (Å²) in [5.74, 6) is 0.883. The van der Waals surface area contributed by atoms with Crippen molar-refractivity contribution in [2.75, 3.05) is 31.1 Å². The molecule has 0 spiro atoms. The topological polar surface area (TPSA) is 76.3 Å². The van der Waals surface area contributed by atoms with Gasteiger partial charge in [0, 0.05) is 71.0 Å². The summed E-state index contributed by atoms with van der Waals surface area (Å²) in [7, 11) is 3.20. The van der Waals surface area contributed by atoms with E-state index in [9.17, 15) is 9.59 Å². The molecule has 0 radical (unpaired) electrons. The SMILES string of the molecule is Cn1c(CN2CCN(c3cnccn3)CC2)cc(=O)n(C)c1=O. The average molecular weight is 316 g/mol. The van der Waals surface area contributed by atoms with Crippen molar-refractivity contribution >= 4 is 5.82 Å². The molecule has 0 saturated carbocycles. The second-order valence-corrected chi connectivity index (χ2v) is 5.70. The quantitative estimate of drug-likeness (QED) is 0.738. The Bertz CT molecular complexity index is 790. The van der Waals surface area contributed by atoms with Crippen LogP contribution in [0.3, 0.4) is 0 Å². The molecule has 8 nitrogen and oxygen atoms in total. The second kappa shape index (κ2) is 6.33. The van der Waals surface area contributed by atoms with E-state index in [0.717, 1.165) is 42.3 Å². The first-order valence-electron chi connectivity index (χ1n) is 7.55. The Morgan fingerprint density at radius 3 is 2.43 bits per heavy atom. The molecular formula is C15H20N6O2. The Labute approximate surface area is 133 Å². The molecular weight excluding hydrogens is 296 g/mol. The third-order valence-electron chi connectivity index (χ3n) is 4.26. The Balaban J connectivity index is 1.68. The zero-order valence-electron chi connectivity index (χ0n) is 13.3. The highest BCUT2D eigenvalue weighted by molar-refractivity contribution is 5.35. The third kappa shape index (κ3) is 3.16. The molecule has 0 atom stereocenters. The summed E-state index contributed by atoms with van der Waals surface area (Å²) in [6, 6.07) is 1.54. The first-order valence-corrected chi connectivity index (χ1v) is 7.55. The predicted molar refractivity (Wildman–Crippen MR) is 86.4 cm³/mol. The summed E-state index contributed by atoms with van der Waals surface area (Å²) in [5, 5.41) is 0. The van der Waals surface area contributed by atoms with Crippen LogP contribution < -0.4 is 16.1 Å². The van der Waals surface area contributed by atoms with Crippen molar-refractivity contribution in [3.63, 3.8) is 0 Å². The molecule has 0 unspecified atom stereocenters. The Morgan fingerprint density at radius 2 is 1.78 bits per heavy atom. The van der Waals surface area contributed by atoms with Gasteiger partial charge in [0.05, 0.1) is 6.20 Å². The first-order chi connectivity index (χ1) is 11.1. The minimum Gasteiger partial charge on any atom is -0.353 e. The normalized spacial score (nSPS) is 15.8. The van der Waals surface area contributed by atoms with Crippen LogP contribution in [0.2, 0.25) is 0 Å². The fourth-order valence-corrected chi connectivity index (χ4v) is 2.75. The van der Waals surface area contributed by atoms with Gasteiger partial charge in [0.15, 0.2) is 0 Å². The van der Waals surface area contributed by atoms with Crippen molar-refractivity contribution in [3.8, 4) is 0 Å². The van der Waals surface area contributed by atoms with Crippen LogP contribution >= 0.6 is 0 Å². The molecule has 0 amide bonds. The fraction of sp³-hybridized carbons (Fsp3) is 0.467. The Morgan fingerprint density at radius 1 is 1.04 bits per heavy atom. The van der Waals surface area contributed by atoms with E-state index >= 15 is 0 Å². The number of rotatable bonds is 3. The van der Waals surface area contributed by atoms with Gasteiger partial charge in [-0.1, -0.05) is 0 Å². The summed E-state index contributed by atoms with van der Waals surface area (Å²) in [4.78, 5) is 36.6. The number of aromatic nitrogens is 4. The number of piperazine rings is 1. The molecule has 0 aromatic carbocycles.